The molecule has 0 aliphatic carbocycles. The highest BCUT2D eigenvalue weighted by Crippen LogP contribution is 2.20. The van der Waals surface area contributed by atoms with Crippen LogP contribution in [0.25, 0.3) is 0 Å². The molecule has 0 amide bonds. The van der Waals surface area contributed by atoms with Crippen LogP contribution in [0.3, 0.4) is 0 Å². The maximum absolute atomic E-state index is 13.1. The Labute approximate surface area is 91.4 Å². The van der Waals surface area contributed by atoms with E-state index in [-0.39, 0.29) is 5.75 Å². The van der Waals surface area contributed by atoms with E-state index >= 15 is 0 Å². The highest BCUT2D eigenvalue weighted by atomic mass is 32.2. The van der Waals surface area contributed by atoms with Crippen LogP contribution in [0.15, 0.2) is 23.1 Å². The summed E-state index contributed by atoms with van der Waals surface area (Å²) in [7, 11) is -3.70. The number of carboxylic acid groups (broad SMARTS) is 1. The lowest BCUT2D eigenvalue weighted by Crippen LogP contribution is -2.10. The normalized spacial score (nSPS) is 11.1. The number of halogens is 1. The molecule has 0 atom stereocenters. The summed E-state index contributed by atoms with van der Waals surface area (Å²) in [6.07, 6.45) is 0.854. The van der Waals surface area contributed by atoms with Gasteiger partial charge in [0, 0.05) is 12.3 Å². The van der Waals surface area contributed by atoms with Crippen molar-refractivity contribution in [1.29, 1.82) is 0 Å². The van der Waals surface area contributed by atoms with Crippen molar-refractivity contribution in [3.8, 4) is 5.75 Å². The van der Waals surface area contributed by atoms with Crippen molar-refractivity contribution >= 4 is 15.8 Å². The summed E-state index contributed by atoms with van der Waals surface area (Å²) in [6.45, 7) is -0.616. The first-order chi connectivity index (χ1) is 7.30. The molecule has 88 valence electrons. The Morgan fingerprint density at radius 3 is 2.62 bits per heavy atom. The van der Waals surface area contributed by atoms with Gasteiger partial charge in [0.25, 0.3) is 0 Å². The maximum atomic E-state index is 13.1. The molecule has 5 nitrogen and oxygen atoms in total. The number of sulfone groups is 1. The summed E-state index contributed by atoms with van der Waals surface area (Å²) in [5, 5.41) is 8.34. The van der Waals surface area contributed by atoms with E-state index in [1.807, 2.05) is 0 Å². The van der Waals surface area contributed by atoms with E-state index in [1.54, 1.807) is 0 Å². The van der Waals surface area contributed by atoms with Crippen molar-refractivity contribution in [2.24, 2.45) is 0 Å². The molecular formula is C9H9FO5S. The van der Waals surface area contributed by atoms with Crippen molar-refractivity contribution in [2.45, 2.75) is 4.90 Å². The van der Waals surface area contributed by atoms with Crippen molar-refractivity contribution in [2.75, 3.05) is 12.9 Å². The second-order valence-electron chi connectivity index (χ2n) is 3.05. The van der Waals surface area contributed by atoms with Gasteiger partial charge in [-0.05, 0) is 12.1 Å². The van der Waals surface area contributed by atoms with Gasteiger partial charge in [-0.2, -0.15) is 0 Å². The van der Waals surface area contributed by atoms with E-state index in [4.69, 9.17) is 9.84 Å². The van der Waals surface area contributed by atoms with E-state index in [0.29, 0.717) is 0 Å². The average Bonchev–Trinajstić information content (AvgIpc) is 2.14. The van der Waals surface area contributed by atoms with E-state index in [0.717, 1.165) is 24.5 Å². The van der Waals surface area contributed by atoms with Gasteiger partial charge in [0.2, 0.25) is 0 Å². The zero-order chi connectivity index (χ0) is 12.3. The summed E-state index contributed by atoms with van der Waals surface area (Å²) < 4.78 is 40.1. The van der Waals surface area contributed by atoms with Crippen molar-refractivity contribution in [3.63, 3.8) is 0 Å². The van der Waals surface area contributed by atoms with Gasteiger partial charge in [-0.1, -0.05) is 0 Å². The van der Waals surface area contributed by atoms with Gasteiger partial charge in [0.05, 0.1) is 0 Å². The molecule has 0 saturated carbocycles. The Bertz CT molecular complexity index is 509. The van der Waals surface area contributed by atoms with E-state index < -0.39 is 33.1 Å². The predicted molar refractivity (Wildman–Crippen MR) is 52.6 cm³/mol. The molecule has 0 aliphatic rings. The smallest absolute Gasteiger partial charge is 0.341 e. The Balaban J connectivity index is 3.04. The van der Waals surface area contributed by atoms with Crippen LogP contribution in [0.2, 0.25) is 0 Å². The van der Waals surface area contributed by atoms with Gasteiger partial charge in [0.1, 0.15) is 16.5 Å². The lowest BCUT2D eigenvalue weighted by molar-refractivity contribution is -0.139. The molecule has 0 unspecified atom stereocenters. The average molecular weight is 248 g/mol. The minimum absolute atomic E-state index is 0.00998. The standard InChI is InChI=1S/C9H9FO5S/c1-16(13,14)8-4-6(2-3-7(8)10)15-5-9(11)12/h2-4H,5H2,1H3,(H,11,12). The summed E-state index contributed by atoms with van der Waals surface area (Å²) in [6, 6.07) is 3.02. The van der Waals surface area contributed by atoms with Crippen LogP contribution < -0.4 is 4.74 Å². The van der Waals surface area contributed by atoms with Gasteiger partial charge in [-0.15, -0.1) is 0 Å². The lowest BCUT2D eigenvalue weighted by Gasteiger charge is -2.05. The van der Waals surface area contributed by atoms with Gasteiger partial charge in [0.15, 0.2) is 16.4 Å². The molecule has 0 aliphatic heterocycles. The van der Waals surface area contributed by atoms with Crippen molar-refractivity contribution < 1.29 is 27.4 Å². The number of hydrogen-bond donors (Lipinski definition) is 1. The highest BCUT2D eigenvalue weighted by molar-refractivity contribution is 7.90. The first-order valence-corrected chi connectivity index (χ1v) is 6.04. The number of aliphatic carboxylic acids is 1. The zero-order valence-electron chi connectivity index (χ0n) is 8.31. The fraction of sp³-hybridized carbons (Fsp3) is 0.222. The first-order valence-electron chi connectivity index (χ1n) is 4.15. The summed E-state index contributed by atoms with van der Waals surface area (Å²) in [4.78, 5) is 9.69. The molecule has 1 N–H and O–H groups in total. The molecule has 7 heteroatoms. The van der Waals surface area contributed by atoms with Gasteiger partial charge < -0.3 is 9.84 Å². The number of benzene rings is 1. The molecule has 0 saturated heterocycles. The van der Waals surface area contributed by atoms with Crippen LogP contribution in [-0.4, -0.2) is 32.4 Å². The molecule has 0 spiro atoms. The first kappa shape index (κ1) is 12.4. The molecule has 0 heterocycles. The molecular weight excluding hydrogens is 239 g/mol. The van der Waals surface area contributed by atoms with Gasteiger partial charge >= 0.3 is 5.97 Å². The third-order valence-corrected chi connectivity index (χ3v) is 2.78. The summed E-state index contributed by atoms with van der Waals surface area (Å²) in [5.41, 5.74) is 0. The number of ether oxygens (including phenoxy) is 1. The van der Waals surface area contributed by atoms with E-state index in [2.05, 4.69) is 0 Å². The number of rotatable bonds is 4. The third kappa shape index (κ3) is 3.20. The van der Waals surface area contributed by atoms with E-state index in [1.165, 1.54) is 0 Å². The van der Waals surface area contributed by atoms with E-state index in [9.17, 15) is 17.6 Å². The quantitative estimate of drug-likeness (QED) is 0.848. The van der Waals surface area contributed by atoms with Crippen LogP contribution in [-0.2, 0) is 14.6 Å². The lowest BCUT2D eigenvalue weighted by atomic mass is 10.3. The fourth-order valence-electron chi connectivity index (χ4n) is 1.00. The third-order valence-electron chi connectivity index (χ3n) is 1.66. The minimum atomic E-state index is -3.70. The predicted octanol–water partition coefficient (Wildman–Crippen LogP) is 0.693. The van der Waals surface area contributed by atoms with Crippen molar-refractivity contribution in [3.05, 3.63) is 24.0 Å². The van der Waals surface area contributed by atoms with Crippen LogP contribution in [0.5, 0.6) is 5.75 Å². The molecule has 1 rings (SSSR count). The molecule has 0 aromatic heterocycles. The Hall–Kier alpha value is -1.63. The topological polar surface area (TPSA) is 80.7 Å². The number of hydrogen-bond acceptors (Lipinski definition) is 4. The summed E-state index contributed by atoms with van der Waals surface area (Å²) in [5.74, 6) is -2.11. The van der Waals surface area contributed by atoms with Gasteiger partial charge in [-0.3, -0.25) is 0 Å². The largest absolute Gasteiger partial charge is 0.482 e. The Morgan fingerprint density at radius 1 is 1.50 bits per heavy atom. The van der Waals surface area contributed by atoms with Crippen LogP contribution in [0.4, 0.5) is 4.39 Å². The van der Waals surface area contributed by atoms with Crippen molar-refractivity contribution in [1.82, 2.24) is 0 Å². The van der Waals surface area contributed by atoms with Crippen LogP contribution >= 0.6 is 0 Å². The molecule has 0 bridgehead atoms. The van der Waals surface area contributed by atoms with Crippen LogP contribution in [0, 0.1) is 5.82 Å². The van der Waals surface area contributed by atoms with Gasteiger partial charge in [-0.25, -0.2) is 17.6 Å². The number of carbonyl (C=O) groups is 1. The monoisotopic (exact) mass is 248 g/mol. The molecule has 1 aromatic rings. The molecule has 1 aromatic carbocycles. The number of carboxylic acids is 1. The molecule has 16 heavy (non-hydrogen) atoms. The fourth-order valence-corrected chi connectivity index (χ4v) is 1.76. The molecule has 0 radical (unpaired) electrons. The Morgan fingerprint density at radius 2 is 2.12 bits per heavy atom. The SMILES string of the molecule is CS(=O)(=O)c1cc(OCC(=O)O)ccc1F. The maximum Gasteiger partial charge on any atom is 0.341 e. The molecule has 0 fully saturated rings. The van der Waals surface area contributed by atoms with Crippen LogP contribution in [0.1, 0.15) is 0 Å². The summed E-state index contributed by atoms with van der Waals surface area (Å²) >= 11 is 0. The zero-order valence-corrected chi connectivity index (χ0v) is 9.12. The Kier molecular flexibility index (Phi) is 3.48. The second-order valence-corrected chi connectivity index (χ2v) is 5.03. The second kappa shape index (κ2) is 4.48. The highest BCUT2D eigenvalue weighted by Gasteiger charge is 2.14. The minimum Gasteiger partial charge on any atom is -0.482 e.